The van der Waals surface area contributed by atoms with Crippen molar-refractivity contribution in [1.29, 1.82) is 0 Å². The Morgan fingerprint density at radius 2 is 1.86 bits per heavy atom. The molecular weight excluding hydrogens is 356 g/mol. The quantitative estimate of drug-likeness (QED) is 0.530. The van der Waals surface area contributed by atoms with Crippen molar-refractivity contribution < 1.29 is 9.90 Å². The van der Waals surface area contributed by atoms with Gasteiger partial charge in [0.1, 0.15) is 5.78 Å². The Morgan fingerprint density at radius 1 is 1.10 bits per heavy atom. The van der Waals surface area contributed by atoms with Crippen LogP contribution in [-0.4, -0.2) is 17.0 Å². The molecule has 3 saturated carbocycles. The van der Waals surface area contributed by atoms with E-state index in [9.17, 15) is 9.90 Å². The van der Waals surface area contributed by atoms with Crippen LogP contribution in [-0.2, 0) is 4.79 Å². The minimum atomic E-state index is -0.110. The molecule has 0 aromatic rings. The Balaban J connectivity index is 1.47. The summed E-state index contributed by atoms with van der Waals surface area (Å²) in [5.41, 5.74) is 2.35. The monoisotopic (exact) mass is 400 g/mol. The number of hydrogen-bond donors (Lipinski definition) is 1. The number of fused-ring (bicyclic) bond motifs is 5. The first-order valence-electron chi connectivity index (χ1n) is 12.6. The van der Waals surface area contributed by atoms with Crippen LogP contribution >= 0.6 is 0 Å². The van der Waals surface area contributed by atoms with Crippen LogP contribution in [0.2, 0.25) is 0 Å². The van der Waals surface area contributed by atoms with Gasteiger partial charge in [-0.15, -0.1) is 0 Å². The minimum Gasteiger partial charge on any atom is -0.393 e. The summed E-state index contributed by atoms with van der Waals surface area (Å²) in [4.78, 5) is 12.6. The second-order valence-corrected chi connectivity index (χ2v) is 12.0. The van der Waals surface area contributed by atoms with Gasteiger partial charge in [-0.1, -0.05) is 46.3 Å². The molecule has 4 rings (SSSR count). The lowest BCUT2D eigenvalue weighted by molar-refractivity contribution is -0.124. The van der Waals surface area contributed by atoms with Gasteiger partial charge in [0, 0.05) is 12.3 Å². The molecule has 8 atom stereocenters. The second kappa shape index (κ2) is 7.81. The van der Waals surface area contributed by atoms with E-state index in [-0.39, 0.29) is 12.0 Å². The molecule has 0 aromatic carbocycles. The van der Waals surface area contributed by atoms with Crippen LogP contribution in [0.3, 0.4) is 0 Å². The lowest BCUT2D eigenvalue weighted by atomic mass is 9.47. The molecule has 2 heteroatoms. The van der Waals surface area contributed by atoms with E-state index in [2.05, 4.69) is 40.7 Å². The summed E-state index contributed by atoms with van der Waals surface area (Å²) in [7, 11) is 0. The van der Waals surface area contributed by atoms with Gasteiger partial charge < -0.3 is 5.11 Å². The molecule has 2 nitrogen and oxygen atoms in total. The highest BCUT2D eigenvalue weighted by Crippen LogP contribution is 2.66. The van der Waals surface area contributed by atoms with Gasteiger partial charge in [0.2, 0.25) is 0 Å². The van der Waals surface area contributed by atoms with Crippen LogP contribution in [0.25, 0.3) is 0 Å². The van der Waals surface area contributed by atoms with Crippen molar-refractivity contribution in [3.05, 3.63) is 11.6 Å². The summed E-state index contributed by atoms with van der Waals surface area (Å²) in [6, 6.07) is 0. The van der Waals surface area contributed by atoms with Crippen LogP contribution in [0, 0.1) is 46.3 Å². The molecule has 0 saturated heterocycles. The number of carbonyl (C=O) groups excluding carboxylic acids is 1. The van der Waals surface area contributed by atoms with Gasteiger partial charge in [-0.3, -0.25) is 4.79 Å². The maximum Gasteiger partial charge on any atom is 0.135 e. The Morgan fingerprint density at radius 3 is 2.59 bits per heavy atom. The van der Waals surface area contributed by atoms with Crippen molar-refractivity contribution in [2.24, 2.45) is 46.3 Å². The van der Waals surface area contributed by atoms with E-state index in [0.29, 0.717) is 22.5 Å². The SMILES string of the molecule is CC(C)[C@H](C)C(=O)CC[C@H]1CCC2C3CC=C4C[C@@H](O)CC[C@]4(C)C3CC[C@@]21C. The van der Waals surface area contributed by atoms with Crippen LogP contribution < -0.4 is 0 Å². The Hall–Kier alpha value is -0.630. The molecule has 0 radical (unpaired) electrons. The molecule has 1 N–H and O–H groups in total. The fourth-order valence-electron chi connectivity index (χ4n) is 8.14. The molecule has 0 heterocycles. The standard InChI is InChI=1S/C27H44O2/c1-17(2)18(3)25(29)11-8-19-7-10-23-22-9-6-20-16-21(28)12-14-27(20,5)24(22)13-15-26(19,23)4/h6,17-19,21-24,28H,7-16H2,1-5H3/t18-,19+,21-,22?,23?,24?,26+,27-/m0/s1. The maximum absolute atomic E-state index is 12.6. The van der Waals surface area contributed by atoms with E-state index in [4.69, 9.17) is 0 Å². The average Bonchev–Trinajstić information content (AvgIpc) is 3.02. The Bertz CT molecular complexity index is 663. The molecule has 29 heavy (non-hydrogen) atoms. The summed E-state index contributed by atoms with van der Waals surface area (Å²) in [6.07, 6.45) is 14.1. The van der Waals surface area contributed by atoms with Crippen LogP contribution in [0.1, 0.15) is 98.8 Å². The number of aliphatic hydroxyl groups is 1. The first kappa shape index (κ1) is 21.6. The van der Waals surface area contributed by atoms with Gasteiger partial charge in [0.15, 0.2) is 0 Å². The summed E-state index contributed by atoms with van der Waals surface area (Å²) >= 11 is 0. The zero-order valence-electron chi connectivity index (χ0n) is 19.5. The molecule has 4 aliphatic carbocycles. The highest BCUT2D eigenvalue weighted by atomic mass is 16.3. The number of hydrogen-bond acceptors (Lipinski definition) is 2. The van der Waals surface area contributed by atoms with Crippen molar-refractivity contribution in [3.8, 4) is 0 Å². The number of rotatable bonds is 5. The Labute approximate surface area is 178 Å². The smallest absolute Gasteiger partial charge is 0.135 e. The van der Waals surface area contributed by atoms with E-state index in [1.807, 2.05) is 0 Å². The predicted molar refractivity (Wildman–Crippen MR) is 119 cm³/mol. The number of aliphatic hydroxyl groups excluding tert-OH is 1. The fourth-order valence-corrected chi connectivity index (χ4v) is 8.14. The van der Waals surface area contributed by atoms with Crippen molar-refractivity contribution >= 4 is 5.78 Å². The van der Waals surface area contributed by atoms with Crippen LogP contribution in [0.15, 0.2) is 11.6 Å². The summed E-state index contributed by atoms with van der Waals surface area (Å²) in [5.74, 6) is 4.37. The van der Waals surface area contributed by atoms with Crippen molar-refractivity contribution in [2.45, 2.75) is 105 Å². The lowest BCUT2D eigenvalue weighted by Gasteiger charge is -2.58. The molecule has 0 amide bonds. The zero-order chi connectivity index (χ0) is 21.0. The van der Waals surface area contributed by atoms with E-state index in [1.165, 1.54) is 38.5 Å². The highest BCUT2D eigenvalue weighted by Gasteiger charge is 2.58. The number of Topliss-reactive ketones (excluding diaryl/α,β-unsaturated/α-hetero) is 1. The Kier molecular flexibility index (Phi) is 5.82. The molecule has 3 unspecified atom stereocenters. The zero-order valence-corrected chi connectivity index (χ0v) is 19.5. The van der Waals surface area contributed by atoms with Crippen molar-refractivity contribution in [2.75, 3.05) is 0 Å². The third kappa shape index (κ3) is 3.56. The third-order valence-electron chi connectivity index (χ3n) is 10.5. The van der Waals surface area contributed by atoms with Crippen molar-refractivity contribution in [1.82, 2.24) is 0 Å². The van der Waals surface area contributed by atoms with Crippen LogP contribution in [0.4, 0.5) is 0 Å². The van der Waals surface area contributed by atoms with Crippen molar-refractivity contribution in [3.63, 3.8) is 0 Å². The van der Waals surface area contributed by atoms with Gasteiger partial charge in [-0.2, -0.15) is 0 Å². The van der Waals surface area contributed by atoms with Gasteiger partial charge in [0.25, 0.3) is 0 Å². The van der Waals surface area contributed by atoms with E-state index in [0.717, 1.165) is 49.4 Å². The second-order valence-electron chi connectivity index (χ2n) is 12.0. The minimum absolute atomic E-state index is 0.110. The molecule has 3 fully saturated rings. The maximum atomic E-state index is 12.6. The molecule has 0 aliphatic heterocycles. The van der Waals surface area contributed by atoms with Crippen LogP contribution in [0.5, 0.6) is 0 Å². The molecule has 4 aliphatic rings. The normalized spacial score (nSPS) is 45.2. The molecule has 0 bridgehead atoms. The first-order valence-corrected chi connectivity index (χ1v) is 12.6. The predicted octanol–water partition coefficient (Wildman–Crippen LogP) is 6.57. The number of allylic oxidation sites excluding steroid dienone is 1. The van der Waals surface area contributed by atoms with Gasteiger partial charge >= 0.3 is 0 Å². The van der Waals surface area contributed by atoms with E-state index >= 15 is 0 Å². The van der Waals surface area contributed by atoms with Gasteiger partial charge in [0.05, 0.1) is 6.10 Å². The van der Waals surface area contributed by atoms with E-state index in [1.54, 1.807) is 5.57 Å². The van der Waals surface area contributed by atoms with E-state index < -0.39 is 0 Å². The largest absolute Gasteiger partial charge is 0.393 e. The van der Waals surface area contributed by atoms with Gasteiger partial charge in [-0.25, -0.2) is 0 Å². The number of ketones is 1. The summed E-state index contributed by atoms with van der Waals surface area (Å²) in [5, 5.41) is 10.2. The average molecular weight is 401 g/mol. The van der Waals surface area contributed by atoms with Gasteiger partial charge in [-0.05, 0) is 98.2 Å². The molecule has 0 spiro atoms. The molecular formula is C27H44O2. The first-order chi connectivity index (χ1) is 13.7. The third-order valence-corrected chi connectivity index (χ3v) is 10.5. The molecule has 164 valence electrons. The number of carbonyl (C=O) groups is 1. The molecule has 0 aromatic heterocycles. The fraction of sp³-hybridized carbons (Fsp3) is 0.889. The highest BCUT2D eigenvalue weighted by molar-refractivity contribution is 5.80. The summed E-state index contributed by atoms with van der Waals surface area (Å²) < 4.78 is 0. The lowest BCUT2D eigenvalue weighted by Crippen LogP contribution is -2.50. The topological polar surface area (TPSA) is 37.3 Å². The summed E-state index contributed by atoms with van der Waals surface area (Å²) in [6.45, 7) is 11.6.